The molecule has 0 aliphatic carbocycles. The van der Waals surface area contributed by atoms with Crippen molar-refractivity contribution in [3.8, 4) is 11.5 Å². The van der Waals surface area contributed by atoms with Crippen LogP contribution < -0.4 is 10.3 Å². The van der Waals surface area contributed by atoms with E-state index in [4.69, 9.17) is 4.74 Å². The van der Waals surface area contributed by atoms with Crippen molar-refractivity contribution in [2.75, 3.05) is 6.61 Å². The largest absolute Gasteiger partial charge is 0.507 e. The molecular weight excluding hydrogens is 220 g/mol. The Balaban J connectivity index is 2.39. The lowest BCUT2D eigenvalue weighted by molar-refractivity contribution is 0.308. The first-order valence-electron chi connectivity index (χ1n) is 5.55. The van der Waals surface area contributed by atoms with Crippen LogP contribution in [0.5, 0.6) is 11.5 Å². The van der Waals surface area contributed by atoms with Crippen LogP contribution in [-0.4, -0.2) is 21.7 Å². The Kier molecular flexibility index (Phi) is 3.27. The van der Waals surface area contributed by atoms with Gasteiger partial charge in [0.15, 0.2) is 0 Å². The summed E-state index contributed by atoms with van der Waals surface area (Å²) in [5.41, 5.74) is 0.0767. The van der Waals surface area contributed by atoms with Crippen LogP contribution in [0.25, 0.3) is 10.9 Å². The summed E-state index contributed by atoms with van der Waals surface area (Å²) in [5.74, 6) is 0.421. The van der Waals surface area contributed by atoms with Gasteiger partial charge in [-0.05, 0) is 6.42 Å². The van der Waals surface area contributed by atoms with Crippen molar-refractivity contribution in [3.63, 3.8) is 0 Å². The molecule has 0 saturated carbocycles. The number of rotatable bonds is 4. The molecule has 90 valence electrons. The van der Waals surface area contributed by atoms with Crippen molar-refractivity contribution in [2.24, 2.45) is 0 Å². The summed E-state index contributed by atoms with van der Waals surface area (Å²) in [7, 11) is 0. The number of nitrogens with one attached hydrogen (secondary N) is 1. The number of aromatic amines is 1. The fourth-order valence-electron chi connectivity index (χ4n) is 1.57. The first-order valence-corrected chi connectivity index (χ1v) is 5.55. The second-order valence-electron chi connectivity index (χ2n) is 3.77. The van der Waals surface area contributed by atoms with Crippen LogP contribution in [0.2, 0.25) is 0 Å². The van der Waals surface area contributed by atoms with Gasteiger partial charge in [0.05, 0.1) is 18.5 Å². The maximum Gasteiger partial charge on any atom is 0.262 e. The summed E-state index contributed by atoms with van der Waals surface area (Å²) in [6.07, 6.45) is 3.29. The molecule has 2 N–H and O–H groups in total. The lowest BCUT2D eigenvalue weighted by Crippen LogP contribution is -2.06. The number of unbranched alkanes of at least 4 members (excludes halogenated alkanes) is 1. The molecule has 1 aromatic heterocycles. The minimum atomic E-state index is -0.354. The van der Waals surface area contributed by atoms with E-state index in [0.29, 0.717) is 17.9 Å². The number of hydrogen-bond acceptors (Lipinski definition) is 4. The fourth-order valence-corrected chi connectivity index (χ4v) is 1.57. The van der Waals surface area contributed by atoms with Gasteiger partial charge in [-0.1, -0.05) is 13.3 Å². The highest BCUT2D eigenvalue weighted by Crippen LogP contribution is 2.26. The predicted octanol–water partition coefficient (Wildman–Crippen LogP) is 1.81. The maximum absolute atomic E-state index is 11.5. The van der Waals surface area contributed by atoms with E-state index in [9.17, 15) is 9.90 Å². The Hall–Kier alpha value is -2.04. The lowest BCUT2D eigenvalue weighted by atomic mass is 10.2. The van der Waals surface area contributed by atoms with Crippen molar-refractivity contribution < 1.29 is 9.84 Å². The molecule has 1 aromatic carbocycles. The second kappa shape index (κ2) is 4.86. The number of aromatic nitrogens is 2. The van der Waals surface area contributed by atoms with Crippen LogP contribution in [0.15, 0.2) is 23.3 Å². The molecule has 0 radical (unpaired) electrons. The summed E-state index contributed by atoms with van der Waals surface area (Å²) in [6, 6.07) is 3.09. The molecule has 5 nitrogen and oxygen atoms in total. The van der Waals surface area contributed by atoms with E-state index >= 15 is 0 Å². The number of aromatic hydroxyl groups is 1. The van der Waals surface area contributed by atoms with E-state index in [-0.39, 0.29) is 16.7 Å². The Bertz CT molecular complexity index is 577. The first kappa shape index (κ1) is 11.4. The third-order valence-electron chi connectivity index (χ3n) is 2.46. The Morgan fingerprint density at radius 2 is 2.29 bits per heavy atom. The normalized spacial score (nSPS) is 10.6. The average molecular weight is 234 g/mol. The number of fused-ring (bicyclic) bond motifs is 1. The van der Waals surface area contributed by atoms with Crippen molar-refractivity contribution >= 4 is 10.9 Å². The standard InChI is InChI=1S/C12H14N2O3/c1-2-3-4-17-8-5-9-11(10(15)6-8)12(16)14-7-13-9/h5-7,15H,2-4H2,1H3,(H,13,14,16). The number of H-pyrrole nitrogens is 1. The Morgan fingerprint density at radius 1 is 1.47 bits per heavy atom. The minimum absolute atomic E-state index is 0.108. The smallest absolute Gasteiger partial charge is 0.262 e. The van der Waals surface area contributed by atoms with Gasteiger partial charge in [0.1, 0.15) is 16.9 Å². The first-order chi connectivity index (χ1) is 8.22. The topological polar surface area (TPSA) is 75.2 Å². The molecule has 0 aliphatic rings. The monoisotopic (exact) mass is 234 g/mol. The molecule has 5 heteroatoms. The highest BCUT2D eigenvalue weighted by atomic mass is 16.5. The van der Waals surface area contributed by atoms with Gasteiger partial charge in [-0.15, -0.1) is 0 Å². The van der Waals surface area contributed by atoms with Gasteiger partial charge in [-0.2, -0.15) is 0 Å². The average Bonchev–Trinajstić information content (AvgIpc) is 2.29. The van der Waals surface area contributed by atoms with Crippen LogP contribution in [0.4, 0.5) is 0 Å². The van der Waals surface area contributed by atoms with E-state index in [2.05, 4.69) is 16.9 Å². The molecular formula is C12H14N2O3. The van der Waals surface area contributed by atoms with Gasteiger partial charge >= 0.3 is 0 Å². The molecule has 1 heterocycles. The Labute approximate surface area is 98.1 Å². The summed E-state index contributed by atoms with van der Waals surface area (Å²) in [4.78, 5) is 17.9. The number of nitrogens with zero attached hydrogens (tertiary/aromatic N) is 1. The molecule has 0 atom stereocenters. The van der Waals surface area contributed by atoms with Gasteiger partial charge in [0, 0.05) is 12.1 Å². The van der Waals surface area contributed by atoms with Crippen LogP contribution in [-0.2, 0) is 0 Å². The maximum atomic E-state index is 11.5. The number of phenolic OH excluding ortho intramolecular Hbond substituents is 1. The quantitative estimate of drug-likeness (QED) is 0.791. The zero-order valence-corrected chi connectivity index (χ0v) is 9.56. The van der Waals surface area contributed by atoms with Crippen LogP contribution in [0.3, 0.4) is 0 Å². The van der Waals surface area contributed by atoms with E-state index in [0.717, 1.165) is 12.8 Å². The van der Waals surface area contributed by atoms with Crippen LogP contribution >= 0.6 is 0 Å². The number of hydrogen-bond donors (Lipinski definition) is 2. The van der Waals surface area contributed by atoms with Crippen LogP contribution in [0, 0.1) is 0 Å². The zero-order valence-electron chi connectivity index (χ0n) is 9.56. The molecule has 0 aliphatic heterocycles. The summed E-state index contributed by atoms with van der Waals surface area (Å²) >= 11 is 0. The van der Waals surface area contributed by atoms with Crippen molar-refractivity contribution in [3.05, 3.63) is 28.8 Å². The summed E-state index contributed by atoms with van der Waals surface area (Å²) in [5, 5.41) is 9.94. The highest BCUT2D eigenvalue weighted by Gasteiger charge is 2.08. The summed E-state index contributed by atoms with van der Waals surface area (Å²) < 4.78 is 5.46. The Morgan fingerprint density at radius 3 is 3.06 bits per heavy atom. The van der Waals surface area contributed by atoms with Gasteiger partial charge in [0.2, 0.25) is 0 Å². The van der Waals surface area contributed by atoms with Gasteiger partial charge < -0.3 is 14.8 Å². The molecule has 2 rings (SSSR count). The summed E-state index contributed by atoms with van der Waals surface area (Å²) in [6.45, 7) is 2.66. The molecule has 2 aromatic rings. The molecule has 0 bridgehead atoms. The third-order valence-corrected chi connectivity index (χ3v) is 2.46. The highest BCUT2D eigenvalue weighted by molar-refractivity contribution is 5.85. The van der Waals surface area contributed by atoms with E-state index in [1.165, 1.54) is 12.4 Å². The predicted molar refractivity (Wildman–Crippen MR) is 64.4 cm³/mol. The van der Waals surface area contributed by atoms with Crippen molar-refractivity contribution in [1.82, 2.24) is 9.97 Å². The fraction of sp³-hybridized carbons (Fsp3) is 0.333. The van der Waals surface area contributed by atoms with Gasteiger partial charge in [0.25, 0.3) is 5.56 Å². The third kappa shape index (κ3) is 2.38. The molecule has 0 saturated heterocycles. The SMILES string of the molecule is CCCCOc1cc(O)c2c(=O)[nH]cnc2c1. The molecule has 0 unspecified atom stereocenters. The molecule has 0 amide bonds. The second-order valence-corrected chi connectivity index (χ2v) is 3.77. The molecule has 17 heavy (non-hydrogen) atoms. The number of phenols is 1. The number of ether oxygens (including phenoxy) is 1. The van der Waals surface area contributed by atoms with Crippen molar-refractivity contribution in [1.29, 1.82) is 0 Å². The molecule has 0 fully saturated rings. The van der Waals surface area contributed by atoms with Gasteiger partial charge in [-0.25, -0.2) is 4.98 Å². The van der Waals surface area contributed by atoms with E-state index in [1.54, 1.807) is 6.07 Å². The van der Waals surface area contributed by atoms with Crippen LogP contribution in [0.1, 0.15) is 19.8 Å². The zero-order chi connectivity index (χ0) is 12.3. The van der Waals surface area contributed by atoms with Gasteiger partial charge in [-0.3, -0.25) is 4.79 Å². The molecule has 0 spiro atoms. The van der Waals surface area contributed by atoms with E-state index < -0.39 is 0 Å². The lowest BCUT2D eigenvalue weighted by Gasteiger charge is -2.07. The van der Waals surface area contributed by atoms with E-state index in [1.807, 2.05) is 0 Å². The van der Waals surface area contributed by atoms with Crippen molar-refractivity contribution in [2.45, 2.75) is 19.8 Å². The minimum Gasteiger partial charge on any atom is -0.507 e. The number of benzene rings is 1.